The van der Waals surface area contributed by atoms with Crippen molar-refractivity contribution in [1.29, 1.82) is 0 Å². The number of hydrogen-bond acceptors (Lipinski definition) is 4. The highest BCUT2D eigenvalue weighted by molar-refractivity contribution is 8.00. The number of thioether (sulfide) groups is 2. The molecule has 2 fully saturated rings. The lowest BCUT2D eigenvalue weighted by Gasteiger charge is -2.37. The van der Waals surface area contributed by atoms with Crippen molar-refractivity contribution >= 4 is 23.5 Å². The summed E-state index contributed by atoms with van der Waals surface area (Å²) in [6, 6.07) is 0. The van der Waals surface area contributed by atoms with Crippen molar-refractivity contribution in [1.82, 2.24) is 10.2 Å². The van der Waals surface area contributed by atoms with Crippen molar-refractivity contribution < 1.29 is 0 Å². The highest BCUT2D eigenvalue weighted by Crippen LogP contribution is 2.42. The summed E-state index contributed by atoms with van der Waals surface area (Å²) in [4.78, 5) is 2.34. The maximum atomic E-state index is 3.30. The third-order valence-corrected chi connectivity index (χ3v) is 9.63. The molecule has 0 saturated heterocycles. The Morgan fingerprint density at radius 2 is 1.96 bits per heavy atom. The number of nitrogens with one attached hydrogen (secondary N) is 1. The van der Waals surface area contributed by atoms with Crippen LogP contribution in [0.5, 0.6) is 0 Å². The molecule has 4 unspecified atom stereocenters. The van der Waals surface area contributed by atoms with Gasteiger partial charge in [0, 0.05) is 35.1 Å². The van der Waals surface area contributed by atoms with Gasteiger partial charge in [0.25, 0.3) is 0 Å². The lowest BCUT2D eigenvalue weighted by molar-refractivity contribution is 0.295. The highest BCUT2D eigenvalue weighted by atomic mass is 32.2. The fourth-order valence-corrected chi connectivity index (χ4v) is 7.49. The van der Waals surface area contributed by atoms with Gasteiger partial charge in [-0.3, -0.25) is 0 Å². The minimum Gasteiger partial charge on any atom is -0.319 e. The fourth-order valence-electron chi connectivity index (χ4n) is 4.48. The maximum absolute atomic E-state index is 3.30. The van der Waals surface area contributed by atoms with E-state index in [1.54, 1.807) is 5.57 Å². The minimum atomic E-state index is 0.793. The van der Waals surface area contributed by atoms with Crippen LogP contribution in [0.25, 0.3) is 0 Å². The standard InChI is InChI=1S/C24H46N2S2/c1-19(2)23(27-15-13-25-3)12-11-22-10-9-21(17-20-7-6-8-20)18-24(22)28-16-14-26(4)5/h17,19,21-25H,6-16,18H2,1-5H3. The summed E-state index contributed by atoms with van der Waals surface area (Å²) in [6.45, 7) is 7.19. The summed E-state index contributed by atoms with van der Waals surface area (Å²) < 4.78 is 0. The third-order valence-electron chi connectivity index (χ3n) is 6.56. The van der Waals surface area contributed by atoms with Crippen LogP contribution in [0.15, 0.2) is 11.6 Å². The van der Waals surface area contributed by atoms with Gasteiger partial charge in [0.1, 0.15) is 0 Å². The Morgan fingerprint density at radius 3 is 2.57 bits per heavy atom. The fraction of sp³-hybridized carbons (Fsp3) is 0.917. The summed E-state index contributed by atoms with van der Waals surface area (Å²) in [5.41, 5.74) is 1.77. The average Bonchev–Trinajstić information content (AvgIpc) is 2.61. The predicted molar refractivity (Wildman–Crippen MR) is 132 cm³/mol. The van der Waals surface area contributed by atoms with E-state index in [2.05, 4.69) is 74.8 Å². The number of nitrogens with zero attached hydrogens (tertiary/aromatic N) is 1. The van der Waals surface area contributed by atoms with Crippen LogP contribution < -0.4 is 5.32 Å². The van der Waals surface area contributed by atoms with Gasteiger partial charge in [0.05, 0.1) is 0 Å². The lowest BCUT2D eigenvalue weighted by atomic mass is 9.77. The van der Waals surface area contributed by atoms with E-state index in [1.165, 1.54) is 69.4 Å². The monoisotopic (exact) mass is 426 g/mol. The second-order valence-electron chi connectivity index (χ2n) is 9.56. The van der Waals surface area contributed by atoms with E-state index in [4.69, 9.17) is 0 Å². The second-order valence-corrected chi connectivity index (χ2v) is 12.3. The van der Waals surface area contributed by atoms with E-state index < -0.39 is 0 Å². The van der Waals surface area contributed by atoms with E-state index in [-0.39, 0.29) is 0 Å². The summed E-state index contributed by atoms with van der Waals surface area (Å²) >= 11 is 4.48. The predicted octanol–water partition coefficient (Wildman–Crippen LogP) is 5.93. The molecule has 2 aliphatic carbocycles. The van der Waals surface area contributed by atoms with Crippen LogP contribution in [0, 0.1) is 17.8 Å². The molecule has 4 atom stereocenters. The average molecular weight is 427 g/mol. The summed E-state index contributed by atoms with van der Waals surface area (Å²) in [7, 11) is 6.48. The molecule has 0 aromatic carbocycles. The largest absolute Gasteiger partial charge is 0.319 e. The molecular weight excluding hydrogens is 380 g/mol. The zero-order chi connectivity index (χ0) is 20.4. The maximum Gasteiger partial charge on any atom is 0.00814 e. The van der Waals surface area contributed by atoms with Gasteiger partial charge >= 0.3 is 0 Å². The molecule has 4 heteroatoms. The number of hydrogen-bond donors (Lipinski definition) is 1. The molecule has 2 nitrogen and oxygen atoms in total. The van der Waals surface area contributed by atoms with Crippen LogP contribution in [0.4, 0.5) is 0 Å². The van der Waals surface area contributed by atoms with Gasteiger partial charge in [-0.1, -0.05) is 25.5 Å². The summed E-state index contributed by atoms with van der Waals surface area (Å²) in [5.74, 6) is 5.15. The van der Waals surface area contributed by atoms with E-state index in [0.717, 1.165) is 34.8 Å². The Labute approximate surface area is 184 Å². The Hall–Kier alpha value is 0.360. The Morgan fingerprint density at radius 1 is 1.18 bits per heavy atom. The lowest BCUT2D eigenvalue weighted by Crippen LogP contribution is -2.29. The highest BCUT2D eigenvalue weighted by Gasteiger charge is 2.31. The normalized spacial score (nSPS) is 26.5. The van der Waals surface area contributed by atoms with Gasteiger partial charge in [-0.15, -0.1) is 0 Å². The van der Waals surface area contributed by atoms with Crippen LogP contribution in [0.1, 0.15) is 65.2 Å². The Bertz CT molecular complexity index is 444. The van der Waals surface area contributed by atoms with Crippen LogP contribution in [0.3, 0.4) is 0 Å². The molecule has 2 saturated carbocycles. The second kappa shape index (κ2) is 13.6. The molecule has 28 heavy (non-hydrogen) atoms. The SMILES string of the molecule is CNCCSC(CCC1CCC(C=C2CCC2)CC1SCCN(C)C)C(C)C. The smallest absolute Gasteiger partial charge is 0.00814 e. The Balaban J connectivity index is 1.87. The van der Waals surface area contributed by atoms with Gasteiger partial charge in [-0.25, -0.2) is 0 Å². The van der Waals surface area contributed by atoms with Gasteiger partial charge in [0.15, 0.2) is 0 Å². The Kier molecular flexibility index (Phi) is 12.0. The molecule has 0 aromatic heterocycles. The molecule has 2 aliphatic rings. The summed E-state index contributed by atoms with van der Waals surface area (Å²) in [6.07, 6.45) is 14.1. The minimum absolute atomic E-state index is 0.793. The van der Waals surface area contributed by atoms with E-state index in [9.17, 15) is 0 Å². The van der Waals surface area contributed by atoms with Gasteiger partial charge in [-0.2, -0.15) is 23.5 Å². The van der Waals surface area contributed by atoms with Crippen molar-refractivity contribution in [3.63, 3.8) is 0 Å². The van der Waals surface area contributed by atoms with Gasteiger partial charge in [-0.05, 0) is 90.3 Å². The molecule has 2 rings (SSSR count). The van der Waals surface area contributed by atoms with Crippen molar-refractivity contribution in [2.24, 2.45) is 17.8 Å². The number of allylic oxidation sites excluding steroid dienone is 2. The zero-order valence-electron chi connectivity index (χ0n) is 19.2. The van der Waals surface area contributed by atoms with Crippen LogP contribution in [-0.4, -0.2) is 61.1 Å². The molecular formula is C24H46N2S2. The molecule has 1 N–H and O–H groups in total. The first kappa shape index (κ1) is 24.6. The van der Waals surface area contributed by atoms with E-state index in [0.29, 0.717) is 0 Å². The van der Waals surface area contributed by atoms with Crippen LogP contribution >= 0.6 is 23.5 Å². The molecule has 0 aliphatic heterocycles. The third kappa shape index (κ3) is 9.02. The van der Waals surface area contributed by atoms with Crippen molar-refractivity contribution in [2.75, 3.05) is 45.7 Å². The van der Waals surface area contributed by atoms with Crippen molar-refractivity contribution in [2.45, 2.75) is 75.7 Å². The number of rotatable bonds is 13. The zero-order valence-corrected chi connectivity index (χ0v) is 20.8. The molecule has 0 spiro atoms. The van der Waals surface area contributed by atoms with Crippen molar-refractivity contribution in [3.05, 3.63) is 11.6 Å². The quantitative estimate of drug-likeness (QED) is 0.290. The topological polar surface area (TPSA) is 15.3 Å². The molecule has 0 bridgehead atoms. The first-order chi connectivity index (χ1) is 13.5. The molecule has 164 valence electrons. The van der Waals surface area contributed by atoms with Gasteiger partial charge < -0.3 is 10.2 Å². The first-order valence-electron chi connectivity index (χ1n) is 11.7. The molecule has 0 heterocycles. The van der Waals surface area contributed by atoms with Crippen LogP contribution in [-0.2, 0) is 0 Å². The molecule has 0 aromatic rings. The van der Waals surface area contributed by atoms with Crippen LogP contribution in [0.2, 0.25) is 0 Å². The molecule has 0 amide bonds. The van der Waals surface area contributed by atoms with E-state index in [1.807, 2.05) is 0 Å². The first-order valence-corrected chi connectivity index (χ1v) is 13.8. The van der Waals surface area contributed by atoms with Gasteiger partial charge in [0.2, 0.25) is 0 Å². The summed E-state index contributed by atoms with van der Waals surface area (Å²) in [5, 5.41) is 5.01. The van der Waals surface area contributed by atoms with E-state index >= 15 is 0 Å². The van der Waals surface area contributed by atoms with Crippen molar-refractivity contribution in [3.8, 4) is 0 Å². The molecule has 0 radical (unpaired) electrons.